The van der Waals surface area contributed by atoms with E-state index in [2.05, 4.69) is 0 Å². The van der Waals surface area contributed by atoms with Gasteiger partial charge in [-0.2, -0.15) is 0 Å². The lowest BCUT2D eigenvalue weighted by molar-refractivity contribution is -0.385. The first-order valence-electron chi connectivity index (χ1n) is 21.1. The fourth-order valence-electron chi connectivity index (χ4n) is 8.19. The molecule has 20 N–H and O–H groups in total. The number of ether oxygens (including phenoxy) is 11. The molecule has 0 aromatic rings. The minimum atomic E-state index is -2.19. The van der Waals surface area contributed by atoms with Crippen LogP contribution < -0.4 is 0 Å². The zero-order chi connectivity index (χ0) is 49.3. The smallest absolute Gasteiger partial charge is 0.187 e. The van der Waals surface area contributed by atoms with Crippen molar-refractivity contribution in [1.82, 2.24) is 0 Å². The van der Waals surface area contributed by atoms with Gasteiger partial charge in [0.1, 0.15) is 146 Å². The van der Waals surface area contributed by atoms with Crippen molar-refractivity contribution in [2.45, 2.75) is 184 Å². The molecule has 6 fully saturated rings. The van der Waals surface area contributed by atoms with E-state index in [4.69, 9.17) is 52.1 Å². The quantitative estimate of drug-likeness (QED) is 0.0683. The lowest BCUT2D eigenvalue weighted by Gasteiger charge is -2.48. The van der Waals surface area contributed by atoms with E-state index in [0.29, 0.717) is 0 Å². The molecule has 0 aliphatic carbocycles. The van der Waals surface area contributed by atoms with E-state index in [0.717, 1.165) is 0 Å². The van der Waals surface area contributed by atoms with E-state index in [1.54, 1.807) is 0 Å². The molecule has 6 aliphatic heterocycles. The summed E-state index contributed by atoms with van der Waals surface area (Å²) in [5, 5.41) is 209. The molecule has 0 aromatic heterocycles. The number of aliphatic hydroxyl groups is 20. The zero-order valence-corrected chi connectivity index (χ0v) is 35.0. The molecule has 67 heavy (non-hydrogen) atoms. The van der Waals surface area contributed by atoms with Crippen molar-refractivity contribution in [2.75, 3.05) is 39.6 Å². The molecule has 392 valence electrons. The third kappa shape index (κ3) is 11.7. The Balaban J connectivity index is 1.19. The molecule has 6 heterocycles. The third-order valence-electron chi connectivity index (χ3n) is 12.4. The van der Waals surface area contributed by atoms with Gasteiger partial charge in [0.15, 0.2) is 37.7 Å². The minimum absolute atomic E-state index is 0.752. The molecule has 0 bridgehead atoms. The maximum atomic E-state index is 11.6. The van der Waals surface area contributed by atoms with Crippen LogP contribution in [0.25, 0.3) is 0 Å². The molecule has 31 nitrogen and oxygen atoms in total. The summed E-state index contributed by atoms with van der Waals surface area (Å²) in [7, 11) is 0. The fraction of sp³-hybridized carbons (Fsp3) is 1.00. The van der Waals surface area contributed by atoms with Crippen LogP contribution in [0.4, 0.5) is 0 Å². The second kappa shape index (κ2) is 23.5. The molecule has 30 atom stereocenters. The predicted molar refractivity (Wildman–Crippen MR) is 199 cm³/mol. The van der Waals surface area contributed by atoms with Crippen LogP contribution in [-0.2, 0) is 52.1 Å². The van der Waals surface area contributed by atoms with Gasteiger partial charge in [0.25, 0.3) is 0 Å². The summed E-state index contributed by atoms with van der Waals surface area (Å²) in [6, 6.07) is 0. The van der Waals surface area contributed by atoms with Crippen LogP contribution in [0.5, 0.6) is 0 Å². The van der Waals surface area contributed by atoms with E-state index < -0.39 is 224 Å². The average molecular weight is 991 g/mol. The van der Waals surface area contributed by atoms with Crippen LogP contribution in [0.15, 0.2) is 0 Å². The van der Waals surface area contributed by atoms with E-state index in [1.807, 2.05) is 0 Å². The van der Waals surface area contributed by atoms with Crippen molar-refractivity contribution in [3.63, 3.8) is 0 Å². The summed E-state index contributed by atoms with van der Waals surface area (Å²) in [5.41, 5.74) is 0. The molecule has 0 saturated carbocycles. The second-order valence-electron chi connectivity index (χ2n) is 16.9. The highest BCUT2D eigenvalue weighted by atomic mass is 16.8. The zero-order valence-electron chi connectivity index (χ0n) is 35.0. The van der Waals surface area contributed by atoms with Crippen molar-refractivity contribution in [3.05, 3.63) is 0 Å². The van der Waals surface area contributed by atoms with Crippen LogP contribution in [0, 0.1) is 0 Å². The summed E-state index contributed by atoms with van der Waals surface area (Å²) >= 11 is 0. The fourth-order valence-corrected chi connectivity index (χ4v) is 8.19. The Morgan fingerprint density at radius 2 is 0.522 bits per heavy atom. The molecule has 0 spiro atoms. The highest BCUT2D eigenvalue weighted by Gasteiger charge is 2.55. The third-order valence-corrected chi connectivity index (χ3v) is 12.4. The van der Waals surface area contributed by atoms with Crippen molar-refractivity contribution in [1.29, 1.82) is 0 Å². The van der Waals surface area contributed by atoms with E-state index in [-0.39, 0.29) is 0 Å². The predicted octanol–water partition coefficient (Wildman–Crippen LogP) is -14.1. The van der Waals surface area contributed by atoms with E-state index in [9.17, 15) is 102 Å². The molecule has 6 aliphatic rings. The van der Waals surface area contributed by atoms with Crippen LogP contribution in [-0.4, -0.2) is 326 Å². The van der Waals surface area contributed by atoms with Crippen molar-refractivity contribution >= 4 is 0 Å². The maximum Gasteiger partial charge on any atom is 0.187 e. The standard InChI is InChI=1S/C36H62O31/c37-1-7-13(40)20(47)24(51)32(61-7)57-5-11-16(43)22(49)25(52)33(64-11)58-6-12-18(45)30(27(54)34(65-12)59-4-10-15(42)19(46)23(50)31(56)60-10)67-36-28(55)29(17(44)9(3-39)63-36)66-35-26(53)21(48)14(41)8(2-38)62-35/h7-56H,1-6H2/t7-,8-,9-,10-,11-,12-,13-,14-,15-,16-,17-,18-,19+,20+,21+,22+,23-,24-,25-,26-,27-,28-,29+,30+,31?,32-,33-,34-,35+,36+/m1/s1. The molecule has 0 radical (unpaired) electrons. The van der Waals surface area contributed by atoms with Crippen LogP contribution in [0.3, 0.4) is 0 Å². The summed E-state index contributed by atoms with van der Waals surface area (Å²) in [5.74, 6) is 0. The second-order valence-corrected chi connectivity index (χ2v) is 16.9. The van der Waals surface area contributed by atoms with Gasteiger partial charge < -0.3 is 154 Å². The number of aliphatic hydroxyl groups excluding tert-OH is 20. The van der Waals surface area contributed by atoms with Gasteiger partial charge >= 0.3 is 0 Å². The van der Waals surface area contributed by atoms with E-state index in [1.165, 1.54) is 0 Å². The molecule has 0 amide bonds. The van der Waals surface area contributed by atoms with Crippen molar-refractivity contribution in [2.24, 2.45) is 0 Å². The topological polar surface area (TPSA) is 506 Å². The number of hydrogen-bond donors (Lipinski definition) is 20. The lowest BCUT2D eigenvalue weighted by Crippen LogP contribution is -2.67. The summed E-state index contributed by atoms with van der Waals surface area (Å²) < 4.78 is 60.6. The van der Waals surface area contributed by atoms with Gasteiger partial charge in [-0.15, -0.1) is 0 Å². The Hall–Kier alpha value is -1.24. The van der Waals surface area contributed by atoms with Gasteiger partial charge in [0, 0.05) is 0 Å². The molecular formula is C36H62O31. The Morgan fingerprint density at radius 1 is 0.254 bits per heavy atom. The highest BCUT2D eigenvalue weighted by molar-refractivity contribution is 4.98. The van der Waals surface area contributed by atoms with Gasteiger partial charge in [0.05, 0.1) is 39.6 Å². The Morgan fingerprint density at radius 3 is 0.955 bits per heavy atom. The number of hydrogen-bond acceptors (Lipinski definition) is 31. The molecule has 6 rings (SSSR count). The van der Waals surface area contributed by atoms with Crippen molar-refractivity contribution < 1.29 is 154 Å². The van der Waals surface area contributed by atoms with E-state index >= 15 is 0 Å². The van der Waals surface area contributed by atoms with Crippen molar-refractivity contribution in [3.8, 4) is 0 Å². The average Bonchev–Trinajstić information content (AvgIpc) is 3.31. The molecule has 6 saturated heterocycles. The first kappa shape index (κ1) is 55.1. The molecule has 0 aromatic carbocycles. The van der Waals surface area contributed by atoms with Gasteiger partial charge in [-0.05, 0) is 0 Å². The van der Waals surface area contributed by atoms with Crippen LogP contribution in [0.2, 0.25) is 0 Å². The largest absolute Gasteiger partial charge is 0.394 e. The van der Waals surface area contributed by atoms with Gasteiger partial charge in [-0.1, -0.05) is 0 Å². The lowest BCUT2D eigenvalue weighted by atomic mass is 9.96. The summed E-state index contributed by atoms with van der Waals surface area (Å²) in [6.07, 6.45) is -56.7. The first-order valence-corrected chi connectivity index (χ1v) is 21.1. The minimum Gasteiger partial charge on any atom is -0.394 e. The molecule has 31 heteroatoms. The molecular weight excluding hydrogens is 928 g/mol. The monoisotopic (exact) mass is 990 g/mol. The van der Waals surface area contributed by atoms with Crippen LogP contribution in [0.1, 0.15) is 0 Å². The van der Waals surface area contributed by atoms with Crippen LogP contribution >= 0.6 is 0 Å². The SMILES string of the molecule is OC[C@H]1O[C@@H](OC[C@H]2O[C@@H](OC[C@H]3O[C@@H](OC[C@H]4OC(O)[C@H](O)[C@@H](O)[C@@H]4O)[C@H](O)[C@@H](O[C@@H]4O[C@H](CO)[C@@H](O)[C@H](O[C@@H]5O[C@H](CO)[C@@H](O)[C@H](O)[C@H]5O)[C@H]4O)[C@@H]3O)[C@H](O)[C@@H](O)[C@@H]2O)[C@H](O)[C@@H](O)[C@@H]1O. The summed E-state index contributed by atoms with van der Waals surface area (Å²) in [6.45, 7) is -5.17. The Labute approximate surface area is 378 Å². The molecule has 1 unspecified atom stereocenters. The summed E-state index contributed by atoms with van der Waals surface area (Å²) in [4.78, 5) is 0. The first-order chi connectivity index (χ1) is 31.6. The Bertz CT molecular complexity index is 1510. The maximum absolute atomic E-state index is 11.6. The van der Waals surface area contributed by atoms with Gasteiger partial charge in [0.2, 0.25) is 0 Å². The highest BCUT2D eigenvalue weighted by Crippen LogP contribution is 2.34. The van der Waals surface area contributed by atoms with Gasteiger partial charge in [-0.3, -0.25) is 0 Å². The van der Waals surface area contributed by atoms with Gasteiger partial charge in [-0.25, -0.2) is 0 Å². The normalized spacial score (nSPS) is 53.4. The number of rotatable bonds is 16. The Kier molecular flexibility index (Phi) is 19.4.